The van der Waals surface area contributed by atoms with E-state index in [-0.39, 0.29) is 22.7 Å². The van der Waals surface area contributed by atoms with Crippen LogP contribution in [0, 0.1) is 5.92 Å². The van der Waals surface area contributed by atoms with E-state index in [0.29, 0.717) is 10.3 Å². The molecule has 5 nitrogen and oxygen atoms in total. The van der Waals surface area contributed by atoms with Gasteiger partial charge in [-0.2, -0.15) is 4.31 Å². The third-order valence-electron chi connectivity index (χ3n) is 4.53. The molecule has 0 aromatic carbocycles. The van der Waals surface area contributed by atoms with Crippen molar-refractivity contribution in [1.29, 1.82) is 0 Å². The molecule has 130 valence electrons. The van der Waals surface area contributed by atoms with Crippen molar-refractivity contribution in [2.24, 2.45) is 5.92 Å². The van der Waals surface area contributed by atoms with Crippen LogP contribution in [0.15, 0.2) is 16.3 Å². The molecule has 0 bridgehead atoms. The second kappa shape index (κ2) is 7.51. The first-order chi connectivity index (χ1) is 10.7. The third-order valence-corrected chi connectivity index (χ3v) is 8.03. The van der Waals surface area contributed by atoms with Gasteiger partial charge in [-0.25, -0.2) is 8.42 Å². The number of carbonyl (C=O) groups excluding carboxylic acids is 1. The first-order valence-corrected chi connectivity index (χ1v) is 10.3. The fraction of sp³-hybridized carbons (Fsp3) is 0.667. The molecule has 1 amide bonds. The smallest absolute Gasteiger partial charge is 0.252 e. The molecule has 0 aliphatic heterocycles. The molecule has 1 aliphatic rings. The highest BCUT2D eigenvalue weighted by molar-refractivity contribution is 7.91. The van der Waals surface area contributed by atoms with Crippen LogP contribution >= 0.6 is 22.9 Å². The summed E-state index contributed by atoms with van der Waals surface area (Å²) >= 11 is 6.80. The molecule has 0 radical (unpaired) electrons. The van der Waals surface area contributed by atoms with E-state index in [1.165, 1.54) is 19.5 Å². The number of halogens is 1. The van der Waals surface area contributed by atoms with Crippen molar-refractivity contribution >= 4 is 38.9 Å². The van der Waals surface area contributed by atoms with E-state index in [9.17, 15) is 13.2 Å². The van der Waals surface area contributed by atoms with Crippen molar-refractivity contribution in [2.75, 3.05) is 20.6 Å². The highest BCUT2D eigenvalue weighted by atomic mass is 35.5. The maximum Gasteiger partial charge on any atom is 0.252 e. The van der Waals surface area contributed by atoms with Gasteiger partial charge in [0, 0.05) is 20.1 Å². The van der Waals surface area contributed by atoms with Crippen LogP contribution < -0.4 is 0 Å². The fourth-order valence-electron chi connectivity index (χ4n) is 3.03. The van der Waals surface area contributed by atoms with Crippen LogP contribution in [0.25, 0.3) is 0 Å². The van der Waals surface area contributed by atoms with Gasteiger partial charge in [0.1, 0.15) is 4.21 Å². The molecule has 2 atom stereocenters. The summed E-state index contributed by atoms with van der Waals surface area (Å²) in [6.45, 7) is 2.00. The number of sulfonamides is 1. The highest BCUT2D eigenvalue weighted by Crippen LogP contribution is 2.29. The molecule has 1 aromatic rings. The predicted molar refractivity (Wildman–Crippen MR) is 93.3 cm³/mol. The SMILES string of the molecule is CC1CCCCC1N(C)C(=O)CN(C)S(=O)(=O)c1ccc(Cl)s1. The van der Waals surface area contributed by atoms with E-state index in [1.54, 1.807) is 18.0 Å². The number of likely N-dealkylation sites (N-methyl/N-ethyl adjacent to an activating group) is 2. The molecule has 0 N–H and O–H groups in total. The summed E-state index contributed by atoms with van der Waals surface area (Å²) in [6.07, 6.45) is 4.42. The van der Waals surface area contributed by atoms with E-state index in [0.717, 1.165) is 34.9 Å². The van der Waals surface area contributed by atoms with E-state index in [2.05, 4.69) is 6.92 Å². The van der Waals surface area contributed by atoms with Gasteiger partial charge in [0.05, 0.1) is 10.9 Å². The number of rotatable bonds is 5. The molecule has 1 aromatic heterocycles. The van der Waals surface area contributed by atoms with E-state index in [1.807, 2.05) is 0 Å². The molecule has 1 saturated carbocycles. The Balaban J connectivity index is 2.04. The second-order valence-corrected chi connectivity index (χ2v) is 10.1. The molecule has 0 saturated heterocycles. The first kappa shape index (κ1) is 18.7. The van der Waals surface area contributed by atoms with Crippen LogP contribution in [-0.4, -0.2) is 50.2 Å². The van der Waals surface area contributed by atoms with Crippen LogP contribution in [0.4, 0.5) is 0 Å². The van der Waals surface area contributed by atoms with Crippen molar-refractivity contribution in [3.63, 3.8) is 0 Å². The number of thiophene rings is 1. The van der Waals surface area contributed by atoms with Crippen LogP contribution in [0.3, 0.4) is 0 Å². The van der Waals surface area contributed by atoms with Crippen LogP contribution in [0.5, 0.6) is 0 Å². The number of amides is 1. The monoisotopic (exact) mass is 378 g/mol. The quantitative estimate of drug-likeness (QED) is 0.791. The summed E-state index contributed by atoms with van der Waals surface area (Å²) in [5.41, 5.74) is 0. The van der Waals surface area contributed by atoms with Crippen LogP contribution in [0.2, 0.25) is 4.34 Å². The minimum absolute atomic E-state index is 0.155. The summed E-state index contributed by atoms with van der Waals surface area (Å²) in [4.78, 5) is 14.2. The second-order valence-electron chi connectivity index (χ2n) is 6.15. The fourth-order valence-corrected chi connectivity index (χ4v) is 5.85. The standard InChI is InChI=1S/C15H23ClN2O3S2/c1-11-6-4-5-7-12(11)18(3)14(19)10-17(2)23(20,21)15-9-8-13(16)22-15/h8-9,11-12H,4-7,10H2,1-3H3. The summed E-state index contributed by atoms with van der Waals surface area (Å²) in [5, 5.41) is 0. The zero-order valence-corrected chi connectivity index (χ0v) is 16.0. The first-order valence-electron chi connectivity index (χ1n) is 7.71. The van der Waals surface area contributed by atoms with Crippen molar-refractivity contribution in [3.05, 3.63) is 16.5 Å². The molecular weight excluding hydrogens is 356 g/mol. The molecule has 1 fully saturated rings. The van der Waals surface area contributed by atoms with E-state index in [4.69, 9.17) is 11.6 Å². The largest absolute Gasteiger partial charge is 0.341 e. The van der Waals surface area contributed by atoms with Crippen molar-refractivity contribution in [2.45, 2.75) is 42.9 Å². The van der Waals surface area contributed by atoms with Crippen LogP contribution in [-0.2, 0) is 14.8 Å². The molecule has 1 heterocycles. The number of hydrogen-bond donors (Lipinski definition) is 0. The maximum absolute atomic E-state index is 12.5. The lowest BCUT2D eigenvalue weighted by Gasteiger charge is -2.36. The Bertz CT molecular complexity index is 659. The molecule has 8 heteroatoms. The lowest BCUT2D eigenvalue weighted by molar-refractivity contribution is -0.133. The Labute approximate surface area is 147 Å². The van der Waals surface area contributed by atoms with Gasteiger partial charge in [-0.05, 0) is 30.9 Å². The topological polar surface area (TPSA) is 57.7 Å². The normalized spacial score (nSPS) is 22.3. The average molecular weight is 379 g/mol. The molecule has 2 unspecified atom stereocenters. The van der Waals surface area contributed by atoms with Crippen molar-refractivity contribution in [1.82, 2.24) is 9.21 Å². The maximum atomic E-state index is 12.5. The highest BCUT2D eigenvalue weighted by Gasteiger charge is 2.31. The predicted octanol–water partition coefficient (Wildman–Crippen LogP) is 3.06. The lowest BCUT2D eigenvalue weighted by Crippen LogP contribution is -2.47. The Morgan fingerprint density at radius 1 is 1.30 bits per heavy atom. The van der Waals surface area contributed by atoms with Gasteiger partial charge in [-0.1, -0.05) is 31.4 Å². The number of carbonyl (C=O) groups is 1. The number of hydrogen-bond acceptors (Lipinski definition) is 4. The van der Waals surface area contributed by atoms with Gasteiger partial charge < -0.3 is 4.90 Å². The molecule has 1 aliphatic carbocycles. The van der Waals surface area contributed by atoms with E-state index < -0.39 is 10.0 Å². The lowest BCUT2D eigenvalue weighted by atomic mass is 9.85. The molecule has 0 spiro atoms. The van der Waals surface area contributed by atoms with Gasteiger partial charge in [0.15, 0.2) is 0 Å². The van der Waals surface area contributed by atoms with Crippen LogP contribution in [0.1, 0.15) is 32.6 Å². The van der Waals surface area contributed by atoms with Gasteiger partial charge >= 0.3 is 0 Å². The van der Waals surface area contributed by atoms with Crippen molar-refractivity contribution < 1.29 is 13.2 Å². The Hall–Kier alpha value is -0.630. The zero-order chi connectivity index (χ0) is 17.2. The van der Waals surface area contributed by atoms with E-state index >= 15 is 0 Å². The average Bonchev–Trinajstić information content (AvgIpc) is 2.94. The Kier molecular flexibility index (Phi) is 6.10. The number of nitrogens with zero attached hydrogens (tertiary/aromatic N) is 2. The third kappa shape index (κ3) is 4.26. The molecule has 23 heavy (non-hydrogen) atoms. The molecule has 2 rings (SSSR count). The van der Waals surface area contributed by atoms with Gasteiger partial charge in [-0.15, -0.1) is 11.3 Å². The zero-order valence-electron chi connectivity index (χ0n) is 13.7. The summed E-state index contributed by atoms with van der Waals surface area (Å²) in [7, 11) is -0.466. The Morgan fingerprint density at radius 2 is 1.96 bits per heavy atom. The molecular formula is C15H23ClN2O3S2. The summed E-state index contributed by atoms with van der Waals surface area (Å²) in [6, 6.07) is 3.21. The summed E-state index contributed by atoms with van der Waals surface area (Å²) in [5.74, 6) is 0.285. The minimum atomic E-state index is -3.67. The van der Waals surface area contributed by atoms with Gasteiger partial charge in [0.2, 0.25) is 5.91 Å². The Morgan fingerprint density at radius 3 is 2.52 bits per heavy atom. The minimum Gasteiger partial charge on any atom is -0.341 e. The van der Waals surface area contributed by atoms with Gasteiger partial charge in [-0.3, -0.25) is 4.79 Å². The van der Waals surface area contributed by atoms with Gasteiger partial charge in [0.25, 0.3) is 10.0 Å². The van der Waals surface area contributed by atoms with Crippen molar-refractivity contribution in [3.8, 4) is 0 Å². The summed E-state index contributed by atoms with van der Waals surface area (Å²) < 4.78 is 26.6.